The highest BCUT2D eigenvalue weighted by molar-refractivity contribution is 8.03. The molecule has 0 amide bonds. The van der Waals surface area contributed by atoms with E-state index >= 15 is 0 Å². The van der Waals surface area contributed by atoms with Crippen LogP contribution in [-0.4, -0.2) is 11.9 Å². The minimum Gasteiger partial charge on any atom is -0.452 e. The molecule has 0 saturated carbocycles. The van der Waals surface area contributed by atoms with E-state index in [-0.39, 0.29) is 0 Å². The zero-order valence-electron chi connectivity index (χ0n) is 10.8. The zero-order chi connectivity index (χ0) is 13.7. The lowest BCUT2D eigenvalue weighted by atomic mass is 10.1. The van der Waals surface area contributed by atoms with Crippen LogP contribution in [0.5, 0.6) is 5.75 Å². The minimum absolute atomic E-state index is 0.794. The van der Waals surface area contributed by atoms with E-state index in [0.717, 1.165) is 27.0 Å². The highest BCUT2D eigenvalue weighted by atomic mass is 32.2. The summed E-state index contributed by atoms with van der Waals surface area (Å²) in [5.74, 6) is 1.65. The number of nitrogens with zero attached hydrogens (tertiary/aromatic N) is 1. The highest BCUT2D eigenvalue weighted by Crippen LogP contribution is 2.48. The van der Waals surface area contributed by atoms with E-state index in [1.165, 1.54) is 10.6 Å². The summed E-state index contributed by atoms with van der Waals surface area (Å²) in [6.45, 7) is 0. The summed E-state index contributed by atoms with van der Waals surface area (Å²) < 4.78 is 5.98. The number of ether oxygens (including phenoxy) is 1. The summed E-state index contributed by atoms with van der Waals surface area (Å²) in [6.07, 6.45) is 0. The van der Waals surface area contributed by atoms with Gasteiger partial charge in [0, 0.05) is 17.5 Å². The summed E-state index contributed by atoms with van der Waals surface area (Å²) in [5.41, 5.74) is 2.21. The van der Waals surface area contributed by atoms with Gasteiger partial charge in [-0.25, -0.2) is 0 Å². The van der Waals surface area contributed by atoms with Crippen LogP contribution in [-0.2, 0) is 0 Å². The number of benzene rings is 2. The Labute approximate surface area is 127 Å². The molecule has 0 saturated heterocycles. The van der Waals surface area contributed by atoms with Gasteiger partial charge in [-0.05, 0) is 24.3 Å². The zero-order valence-corrected chi connectivity index (χ0v) is 12.4. The number of thioether (sulfide) groups is 1. The van der Waals surface area contributed by atoms with Crippen molar-refractivity contribution >= 4 is 34.5 Å². The Balaban J connectivity index is 1.82. The molecule has 0 aromatic heterocycles. The predicted octanol–water partition coefficient (Wildman–Crippen LogP) is 4.21. The van der Waals surface area contributed by atoms with Crippen LogP contribution in [0, 0.1) is 0 Å². The van der Waals surface area contributed by atoms with Crippen molar-refractivity contribution in [2.45, 2.75) is 4.90 Å². The van der Waals surface area contributed by atoms with Gasteiger partial charge in [-0.15, -0.1) is 0 Å². The van der Waals surface area contributed by atoms with Crippen molar-refractivity contribution in [3.05, 3.63) is 64.9 Å². The lowest BCUT2D eigenvalue weighted by molar-refractivity contribution is 0.466. The molecule has 2 nitrogen and oxygen atoms in total. The van der Waals surface area contributed by atoms with E-state index in [0.29, 0.717) is 0 Å². The van der Waals surface area contributed by atoms with Gasteiger partial charge >= 0.3 is 0 Å². The molecule has 2 aliphatic heterocycles. The van der Waals surface area contributed by atoms with E-state index in [2.05, 4.69) is 30.1 Å². The topological polar surface area (TPSA) is 12.5 Å². The molecule has 4 rings (SSSR count). The fourth-order valence-electron chi connectivity index (χ4n) is 2.46. The van der Waals surface area contributed by atoms with Crippen molar-refractivity contribution in [2.75, 3.05) is 11.9 Å². The molecule has 0 atom stereocenters. The Morgan fingerprint density at radius 2 is 1.80 bits per heavy atom. The summed E-state index contributed by atoms with van der Waals surface area (Å²) >= 11 is 7.28. The van der Waals surface area contributed by atoms with Gasteiger partial charge in [0.25, 0.3) is 0 Å². The molecule has 0 fully saturated rings. The van der Waals surface area contributed by atoms with Crippen LogP contribution in [0.3, 0.4) is 0 Å². The number of thiocarbonyl (C=S) groups is 1. The fraction of sp³-hybridized carbons (Fsp3) is 0.0625. The van der Waals surface area contributed by atoms with Crippen LogP contribution in [0.25, 0.3) is 0 Å². The molecule has 0 radical (unpaired) electrons. The van der Waals surface area contributed by atoms with Crippen molar-refractivity contribution in [3.8, 4) is 5.75 Å². The van der Waals surface area contributed by atoms with Gasteiger partial charge in [0.1, 0.15) is 10.8 Å². The predicted molar refractivity (Wildman–Crippen MR) is 86.5 cm³/mol. The first kappa shape index (κ1) is 12.0. The molecule has 0 N–H and O–H groups in total. The molecule has 2 aromatic carbocycles. The summed E-state index contributed by atoms with van der Waals surface area (Å²) in [6, 6.07) is 16.3. The second kappa shape index (κ2) is 4.36. The molecule has 98 valence electrons. The maximum Gasteiger partial charge on any atom is 0.176 e. The smallest absolute Gasteiger partial charge is 0.176 e. The van der Waals surface area contributed by atoms with Crippen LogP contribution in [0.15, 0.2) is 64.2 Å². The first-order chi connectivity index (χ1) is 9.75. The quantitative estimate of drug-likeness (QED) is 0.533. The number of anilines is 1. The molecule has 0 unspecified atom stereocenters. The van der Waals surface area contributed by atoms with Crippen molar-refractivity contribution in [1.82, 2.24) is 0 Å². The molecule has 2 aromatic rings. The standard InChI is InChI=1S/C16H11NOS2/c1-17-11-7-3-5-9-13(11)20-16(17)14-15(19)10-6-2-4-8-12(10)18-14/h2-9H,1H3/b16-14+. The molecule has 20 heavy (non-hydrogen) atoms. The second-order valence-corrected chi connectivity index (χ2v) is 6.13. The number of fused-ring (bicyclic) bond motifs is 2. The molecule has 0 bridgehead atoms. The number of rotatable bonds is 0. The van der Waals surface area contributed by atoms with E-state index < -0.39 is 0 Å². The summed E-state index contributed by atoms with van der Waals surface area (Å²) in [5, 5.41) is 1.06. The van der Waals surface area contributed by atoms with Crippen LogP contribution >= 0.6 is 24.0 Å². The molecule has 4 heteroatoms. The van der Waals surface area contributed by atoms with E-state index in [1.807, 2.05) is 30.3 Å². The Morgan fingerprint density at radius 1 is 1.05 bits per heavy atom. The first-order valence-electron chi connectivity index (χ1n) is 6.32. The third-order valence-corrected chi connectivity index (χ3v) is 5.11. The number of para-hydroxylation sites is 2. The third-order valence-electron chi connectivity index (χ3n) is 3.48. The van der Waals surface area contributed by atoms with Crippen molar-refractivity contribution in [2.24, 2.45) is 0 Å². The van der Waals surface area contributed by atoms with Crippen LogP contribution < -0.4 is 9.64 Å². The van der Waals surface area contributed by atoms with Gasteiger partial charge in [-0.2, -0.15) is 0 Å². The average Bonchev–Trinajstić information content (AvgIpc) is 2.98. The lowest BCUT2D eigenvalue weighted by Crippen LogP contribution is -2.15. The van der Waals surface area contributed by atoms with Gasteiger partial charge in [-0.1, -0.05) is 48.2 Å². The lowest BCUT2D eigenvalue weighted by Gasteiger charge is -2.15. The Bertz CT molecular complexity index is 767. The van der Waals surface area contributed by atoms with Crippen LogP contribution in [0.1, 0.15) is 5.56 Å². The largest absolute Gasteiger partial charge is 0.452 e. The Hall–Kier alpha value is -1.78. The van der Waals surface area contributed by atoms with Crippen molar-refractivity contribution in [3.63, 3.8) is 0 Å². The van der Waals surface area contributed by atoms with Crippen molar-refractivity contribution < 1.29 is 4.74 Å². The van der Waals surface area contributed by atoms with Crippen LogP contribution in [0.2, 0.25) is 0 Å². The molecular weight excluding hydrogens is 286 g/mol. The Kier molecular flexibility index (Phi) is 2.62. The van der Waals surface area contributed by atoms with E-state index in [4.69, 9.17) is 17.0 Å². The van der Waals surface area contributed by atoms with Gasteiger partial charge in [0.05, 0.1) is 10.6 Å². The van der Waals surface area contributed by atoms with Gasteiger partial charge in [0.15, 0.2) is 5.76 Å². The number of hydrogen-bond donors (Lipinski definition) is 0. The normalized spacial score (nSPS) is 19.9. The third kappa shape index (κ3) is 1.62. The maximum absolute atomic E-state index is 5.98. The molecule has 2 aliphatic rings. The first-order valence-corrected chi connectivity index (χ1v) is 7.54. The van der Waals surface area contributed by atoms with E-state index in [9.17, 15) is 0 Å². The molecule has 2 heterocycles. The van der Waals surface area contributed by atoms with Gasteiger partial charge < -0.3 is 9.64 Å². The monoisotopic (exact) mass is 297 g/mol. The SMILES string of the molecule is CN1/C(=C2\Oc3ccccc3C2=S)Sc2ccccc21. The molecule has 0 spiro atoms. The fourth-order valence-corrected chi connectivity index (χ4v) is 3.97. The van der Waals surface area contributed by atoms with Crippen molar-refractivity contribution in [1.29, 1.82) is 0 Å². The average molecular weight is 297 g/mol. The summed E-state index contributed by atoms with van der Waals surface area (Å²) in [7, 11) is 2.05. The maximum atomic E-state index is 5.98. The van der Waals surface area contributed by atoms with E-state index in [1.54, 1.807) is 11.8 Å². The van der Waals surface area contributed by atoms with Gasteiger partial charge in [-0.3, -0.25) is 0 Å². The molecular formula is C16H11NOS2. The number of allylic oxidation sites excluding steroid dienone is 1. The molecule has 0 aliphatic carbocycles. The second-order valence-electron chi connectivity index (χ2n) is 4.69. The van der Waals surface area contributed by atoms with Gasteiger partial charge in [0.2, 0.25) is 0 Å². The summed E-state index contributed by atoms with van der Waals surface area (Å²) in [4.78, 5) is 4.18. The number of hydrogen-bond acceptors (Lipinski definition) is 4. The minimum atomic E-state index is 0.794. The van der Waals surface area contributed by atoms with Crippen LogP contribution in [0.4, 0.5) is 5.69 Å². The highest BCUT2D eigenvalue weighted by Gasteiger charge is 2.32. The Morgan fingerprint density at radius 3 is 2.60 bits per heavy atom.